The van der Waals surface area contributed by atoms with Gasteiger partial charge in [0.2, 0.25) is 5.91 Å². The van der Waals surface area contributed by atoms with Crippen LogP contribution in [0.1, 0.15) is 39.9 Å². The highest BCUT2D eigenvalue weighted by molar-refractivity contribution is 7.99. The molecule has 0 saturated heterocycles. The standard InChI is InChI=1S/C16H22N4O2S.C4H8/c1-9-5-11-6-12(11)15(10(9)2)22-7-13-18-19-16(20(13)4)23-8-14(21)17-3;1-3-4-2/h5,11-12H,6-8H2,1-4H3,(H,17,21);3-4H,1-2H3/b;4-3-. The Morgan fingerprint density at radius 3 is 2.70 bits per heavy atom. The molecule has 3 rings (SSSR count). The largest absolute Gasteiger partial charge is 0.489 e. The van der Waals surface area contributed by atoms with Crippen LogP contribution in [0.5, 0.6) is 0 Å². The molecule has 0 bridgehead atoms. The van der Waals surface area contributed by atoms with E-state index < -0.39 is 0 Å². The summed E-state index contributed by atoms with van der Waals surface area (Å²) in [5, 5.41) is 11.6. The third-order valence-corrected chi connectivity index (χ3v) is 5.85. The molecule has 2 aliphatic carbocycles. The fourth-order valence-corrected chi connectivity index (χ4v) is 3.58. The molecular formula is C20H30N4O2S. The second kappa shape index (κ2) is 9.78. The number of aromatic nitrogens is 3. The Bertz CT molecular complexity index is 760. The Balaban J connectivity index is 0.000000596. The van der Waals surface area contributed by atoms with Crippen molar-refractivity contribution in [2.75, 3.05) is 12.8 Å². The zero-order chi connectivity index (χ0) is 20.0. The van der Waals surface area contributed by atoms with Crippen molar-refractivity contribution in [3.8, 4) is 0 Å². The molecule has 0 aliphatic heterocycles. The van der Waals surface area contributed by atoms with E-state index in [0.717, 1.165) is 16.7 Å². The number of rotatable bonds is 6. The molecule has 1 heterocycles. The van der Waals surface area contributed by atoms with Crippen LogP contribution in [0.4, 0.5) is 0 Å². The fraction of sp³-hybridized carbons (Fsp3) is 0.550. The summed E-state index contributed by atoms with van der Waals surface area (Å²) in [6.07, 6.45) is 7.54. The number of fused-ring (bicyclic) bond motifs is 1. The molecule has 1 fully saturated rings. The van der Waals surface area contributed by atoms with Gasteiger partial charge in [0.05, 0.1) is 5.75 Å². The number of hydrogen-bond acceptors (Lipinski definition) is 5. The Hall–Kier alpha value is -2.02. The lowest BCUT2D eigenvalue weighted by molar-refractivity contribution is -0.118. The summed E-state index contributed by atoms with van der Waals surface area (Å²) < 4.78 is 7.96. The summed E-state index contributed by atoms with van der Waals surface area (Å²) in [5.41, 5.74) is 2.57. The first kappa shape index (κ1) is 21.3. The molecule has 0 radical (unpaired) electrons. The molecule has 148 valence electrons. The first-order valence-corrected chi connectivity index (χ1v) is 10.2. The maximum atomic E-state index is 11.3. The van der Waals surface area contributed by atoms with Gasteiger partial charge in [0.1, 0.15) is 12.4 Å². The van der Waals surface area contributed by atoms with Crippen molar-refractivity contribution in [1.29, 1.82) is 0 Å². The lowest BCUT2D eigenvalue weighted by Crippen LogP contribution is -2.20. The molecule has 2 aliphatic rings. The van der Waals surface area contributed by atoms with Gasteiger partial charge in [-0.25, -0.2) is 0 Å². The molecule has 1 saturated carbocycles. The second-order valence-corrected chi connectivity index (χ2v) is 7.66. The van der Waals surface area contributed by atoms with Crippen molar-refractivity contribution in [1.82, 2.24) is 20.1 Å². The minimum Gasteiger partial charge on any atom is -0.489 e. The summed E-state index contributed by atoms with van der Waals surface area (Å²) in [6, 6.07) is 0. The number of carbonyl (C=O) groups excluding carboxylic acids is 1. The van der Waals surface area contributed by atoms with Crippen molar-refractivity contribution in [2.24, 2.45) is 18.9 Å². The molecule has 7 heteroatoms. The van der Waals surface area contributed by atoms with Crippen LogP contribution < -0.4 is 5.32 Å². The zero-order valence-corrected chi connectivity index (χ0v) is 17.9. The smallest absolute Gasteiger partial charge is 0.230 e. The maximum absolute atomic E-state index is 11.3. The van der Waals surface area contributed by atoms with Crippen LogP contribution >= 0.6 is 11.8 Å². The monoisotopic (exact) mass is 390 g/mol. The lowest BCUT2D eigenvalue weighted by Gasteiger charge is -2.17. The van der Waals surface area contributed by atoms with E-state index in [-0.39, 0.29) is 5.91 Å². The molecule has 2 atom stereocenters. The highest BCUT2D eigenvalue weighted by Gasteiger charge is 2.43. The first-order chi connectivity index (χ1) is 12.9. The maximum Gasteiger partial charge on any atom is 0.230 e. The molecule has 1 aromatic heterocycles. The summed E-state index contributed by atoms with van der Waals surface area (Å²) in [4.78, 5) is 11.3. The van der Waals surface area contributed by atoms with E-state index >= 15 is 0 Å². The number of nitrogens with zero attached hydrogens (tertiary/aromatic N) is 3. The molecule has 0 aromatic carbocycles. The summed E-state index contributed by atoms with van der Waals surface area (Å²) >= 11 is 1.37. The summed E-state index contributed by atoms with van der Waals surface area (Å²) in [5.74, 6) is 3.40. The highest BCUT2D eigenvalue weighted by atomic mass is 32.2. The van der Waals surface area contributed by atoms with E-state index in [0.29, 0.717) is 24.2 Å². The number of ether oxygens (including phenoxy) is 1. The van der Waals surface area contributed by atoms with Gasteiger partial charge in [-0.05, 0) is 51.2 Å². The topological polar surface area (TPSA) is 69.0 Å². The van der Waals surface area contributed by atoms with E-state index in [9.17, 15) is 4.79 Å². The van der Waals surface area contributed by atoms with Crippen LogP contribution in [-0.4, -0.2) is 33.5 Å². The third kappa shape index (κ3) is 5.48. The molecule has 6 nitrogen and oxygen atoms in total. The predicted molar refractivity (Wildman–Crippen MR) is 109 cm³/mol. The van der Waals surface area contributed by atoms with Gasteiger partial charge in [-0.3, -0.25) is 4.79 Å². The van der Waals surface area contributed by atoms with Gasteiger partial charge in [0, 0.05) is 20.0 Å². The van der Waals surface area contributed by atoms with Gasteiger partial charge in [-0.15, -0.1) is 10.2 Å². The number of amides is 1. The predicted octanol–water partition coefficient (Wildman–Crippen LogP) is 3.62. The molecular weight excluding hydrogens is 360 g/mol. The minimum atomic E-state index is -0.0270. The number of carbonyl (C=O) groups is 1. The van der Waals surface area contributed by atoms with Gasteiger partial charge in [0.25, 0.3) is 0 Å². The summed E-state index contributed by atoms with van der Waals surface area (Å²) in [6.45, 7) is 8.67. The lowest BCUT2D eigenvalue weighted by atomic mass is 9.99. The normalized spacial score (nSPS) is 20.6. The van der Waals surface area contributed by atoms with Crippen LogP contribution in [0.3, 0.4) is 0 Å². The van der Waals surface area contributed by atoms with Crippen LogP contribution in [0, 0.1) is 11.8 Å². The van der Waals surface area contributed by atoms with E-state index in [1.165, 1.54) is 29.3 Å². The van der Waals surface area contributed by atoms with Crippen molar-refractivity contribution < 1.29 is 9.53 Å². The van der Waals surface area contributed by atoms with Gasteiger partial charge < -0.3 is 14.6 Å². The van der Waals surface area contributed by atoms with E-state index in [2.05, 4.69) is 35.4 Å². The SMILES string of the molecule is C/C=C\C.CNC(=O)CSc1nnc(COC2=C(C)C(C)=CC3CC23)n1C. The van der Waals surface area contributed by atoms with Crippen molar-refractivity contribution in [2.45, 2.75) is 45.9 Å². The van der Waals surface area contributed by atoms with Gasteiger partial charge in [0.15, 0.2) is 11.0 Å². The molecule has 0 spiro atoms. The van der Waals surface area contributed by atoms with Crippen LogP contribution in [0.25, 0.3) is 0 Å². The van der Waals surface area contributed by atoms with Crippen molar-refractivity contribution >= 4 is 17.7 Å². The molecule has 2 unspecified atom stereocenters. The molecule has 1 aromatic rings. The number of nitrogens with one attached hydrogen (secondary N) is 1. The average Bonchev–Trinajstić information content (AvgIpc) is 3.35. The average molecular weight is 391 g/mol. The van der Waals surface area contributed by atoms with E-state index in [1.54, 1.807) is 7.05 Å². The molecule has 1 amide bonds. The van der Waals surface area contributed by atoms with Crippen LogP contribution in [0.15, 0.2) is 40.3 Å². The number of thioether (sulfide) groups is 1. The Labute approximate surface area is 166 Å². The second-order valence-electron chi connectivity index (χ2n) is 6.72. The Kier molecular flexibility index (Phi) is 7.71. The Morgan fingerprint density at radius 1 is 1.37 bits per heavy atom. The Morgan fingerprint density at radius 2 is 2.07 bits per heavy atom. The van der Waals surface area contributed by atoms with Gasteiger partial charge in [-0.1, -0.05) is 30.0 Å². The summed E-state index contributed by atoms with van der Waals surface area (Å²) in [7, 11) is 3.53. The molecule has 27 heavy (non-hydrogen) atoms. The quantitative estimate of drug-likeness (QED) is 0.593. The first-order valence-electron chi connectivity index (χ1n) is 9.24. The van der Waals surface area contributed by atoms with Crippen LogP contribution in [-0.2, 0) is 23.2 Å². The molecule has 1 N–H and O–H groups in total. The van der Waals surface area contributed by atoms with Gasteiger partial charge >= 0.3 is 0 Å². The fourth-order valence-electron chi connectivity index (χ4n) is 2.78. The highest BCUT2D eigenvalue weighted by Crippen LogP contribution is 2.51. The number of allylic oxidation sites excluding steroid dienone is 6. The third-order valence-electron chi connectivity index (χ3n) is 4.83. The van der Waals surface area contributed by atoms with E-state index in [4.69, 9.17) is 4.74 Å². The minimum absolute atomic E-state index is 0.0270. The van der Waals surface area contributed by atoms with Crippen LogP contribution in [0.2, 0.25) is 0 Å². The van der Waals surface area contributed by atoms with E-state index in [1.807, 2.05) is 37.6 Å². The van der Waals surface area contributed by atoms with Crippen molar-refractivity contribution in [3.63, 3.8) is 0 Å². The zero-order valence-electron chi connectivity index (χ0n) is 17.1. The number of hydrogen-bond donors (Lipinski definition) is 1. The van der Waals surface area contributed by atoms with Crippen molar-refractivity contribution in [3.05, 3.63) is 41.0 Å². The van der Waals surface area contributed by atoms with Gasteiger partial charge in [-0.2, -0.15) is 0 Å².